The standard InChI is InChI=1S/C16H12Cl3N3O4/c1-7(8-2-3-9-10(6-8)26-5-4-25-9)21-22-13-11(17)14(16(23)24)20-15(19)12(13)18/h2-3,6H,4-5H2,1H3,(H,20,22)(H,23,24)/b21-7+. The normalized spacial score (nSPS) is 13.5. The number of hydrogen-bond donors (Lipinski definition) is 2. The summed E-state index contributed by atoms with van der Waals surface area (Å²) >= 11 is 18.0. The van der Waals surface area contributed by atoms with Crippen LogP contribution < -0.4 is 14.9 Å². The van der Waals surface area contributed by atoms with Crippen molar-refractivity contribution in [2.24, 2.45) is 5.10 Å². The van der Waals surface area contributed by atoms with Crippen LogP contribution in [0.25, 0.3) is 0 Å². The molecule has 0 bridgehead atoms. The summed E-state index contributed by atoms with van der Waals surface area (Å²) in [5.74, 6) is -0.0394. The van der Waals surface area contributed by atoms with Gasteiger partial charge < -0.3 is 14.6 Å². The number of rotatable bonds is 4. The van der Waals surface area contributed by atoms with Gasteiger partial charge in [-0.2, -0.15) is 5.10 Å². The number of carbonyl (C=O) groups is 1. The van der Waals surface area contributed by atoms with Gasteiger partial charge in [0.15, 0.2) is 22.3 Å². The second-order valence-corrected chi connectivity index (χ2v) is 6.34. The molecule has 7 nitrogen and oxygen atoms in total. The molecule has 3 rings (SSSR count). The highest BCUT2D eigenvalue weighted by Crippen LogP contribution is 2.37. The highest BCUT2D eigenvalue weighted by Gasteiger charge is 2.21. The summed E-state index contributed by atoms with van der Waals surface area (Å²) in [6.07, 6.45) is 0. The fourth-order valence-electron chi connectivity index (χ4n) is 2.23. The molecule has 2 aromatic rings. The van der Waals surface area contributed by atoms with E-state index < -0.39 is 11.7 Å². The van der Waals surface area contributed by atoms with E-state index in [-0.39, 0.29) is 20.9 Å². The number of aromatic carboxylic acids is 1. The molecule has 26 heavy (non-hydrogen) atoms. The van der Waals surface area contributed by atoms with Gasteiger partial charge in [-0.1, -0.05) is 34.8 Å². The number of hydrazone groups is 1. The van der Waals surface area contributed by atoms with E-state index in [0.717, 1.165) is 5.56 Å². The lowest BCUT2D eigenvalue weighted by atomic mass is 10.1. The van der Waals surface area contributed by atoms with Gasteiger partial charge in [0, 0.05) is 5.56 Å². The van der Waals surface area contributed by atoms with Crippen LogP contribution in [0.5, 0.6) is 11.5 Å². The van der Waals surface area contributed by atoms with Crippen LogP contribution in [-0.4, -0.2) is 35.0 Å². The zero-order valence-corrected chi connectivity index (χ0v) is 15.6. The molecule has 0 unspecified atom stereocenters. The molecule has 2 heterocycles. The molecule has 10 heteroatoms. The monoisotopic (exact) mass is 415 g/mol. The average molecular weight is 417 g/mol. The molecule has 1 aliphatic heterocycles. The Morgan fingerprint density at radius 3 is 2.58 bits per heavy atom. The summed E-state index contributed by atoms with van der Waals surface area (Å²) in [6, 6.07) is 5.40. The van der Waals surface area contributed by atoms with E-state index in [4.69, 9.17) is 49.4 Å². The smallest absolute Gasteiger partial charge is 0.356 e. The van der Waals surface area contributed by atoms with Crippen molar-refractivity contribution in [3.05, 3.63) is 44.7 Å². The second kappa shape index (κ2) is 7.57. The molecule has 1 aliphatic rings. The molecule has 0 saturated carbocycles. The first-order chi connectivity index (χ1) is 12.4. The number of hydrogen-bond acceptors (Lipinski definition) is 6. The van der Waals surface area contributed by atoms with Crippen molar-refractivity contribution in [2.75, 3.05) is 18.6 Å². The SMILES string of the molecule is C/C(=N\Nc1c(Cl)c(Cl)nc(C(=O)O)c1Cl)c1ccc2c(c1)OCCO2. The van der Waals surface area contributed by atoms with Crippen molar-refractivity contribution >= 4 is 52.2 Å². The summed E-state index contributed by atoms with van der Waals surface area (Å²) in [4.78, 5) is 14.8. The topological polar surface area (TPSA) is 93.0 Å². The third-order valence-corrected chi connectivity index (χ3v) is 4.64. The van der Waals surface area contributed by atoms with Crippen LogP contribution >= 0.6 is 34.8 Å². The Labute approximate surface area is 163 Å². The number of fused-ring (bicyclic) bond motifs is 1. The number of benzene rings is 1. The number of nitrogens with one attached hydrogen (secondary N) is 1. The first-order valence-corrected chi connectivity index (χ1v) is 8.50. The number of anilines is 1. The molecule has 136 valence electrons. The Kier molecular flexibility index (Phi) is 5.41. The van der Waals surface area contributed by atoms with Crippen molar-refractivity contribution < 1.29 is 19.4 Å². The van der Waals surface area contributed by atoms with Crippen LogP contribution in [0.2, 0.25) is 15.2 Å². The maximum Gasteiger partial charge on any atom is 0.356 e. The zero-order chi connectivity index (χ0) is 18.8. The van der Waals surface area contributed by atoms with E-state index in [2.05, 4.69) is 15.5 Å². The van der Waals surface area contributed by atoms with E-state index in [0.29, 0.717) is 30.4 Å². The fourth-order valence-corrected chi connectivity index (χ4v) is 2.89. The molecule has 0 radical (unpaired) electrons. The minimum atomic E-state index is -1.33. The van der Waals surface area contributed by atoms with Gasteiger partial charge in [-0.15, -0.1) is 0 Å². The number of nitrogens with zero attached hydrogens (tertiary/aromatic N) is 2. The predicted octanol–water partition coefficient (Wildman–Crippen LogP) is 4.35. The number of pyridine rings is 1. The van der Waals surface area contributed by atoms with E-state index in [1.165, 1.54) is 0 Å². The first-order valence-electron chi connectivity index (χ1n) is 7.36. The Balaban J connectivity index is 1.91. The molecular formula is C16H12Cl3N3O4. The average Bonchev–Trinajstić information content (AvgIpc) is 2.63. The highest BCUT2D eigenvalue weighted by molar-refractivity contribution is 6.46. The molecular weight excluding hydrogens is 405 g/mol. The summed E-state index contributed by atoms with van der Waals surface area (Å²) in [7, 11) is 0. The van der Waals surface area contributed by atoms with E-state index in [1.54, 1.807) is 19.1 Å². The third-order valence-electron chi connectivity index (χ3n) is 3.54. The number of carboxylic acid groups (broad SMARTS) is 1. The predicted molar refractivity (Wildman–Crippen MR) is 99.5 cm³/mol. The number of aromatic nitrogens is 1. The van der Waals surface area contributed by atoms with E-state index in [9.17, 15) is 4.79 Å². The zero-order valence-electron chi connectivity index (χ0n) is 13.3. The van der Waals surface area contributed by atoms with Crippen molar-refractivity contribution in [3.63, 3.8) is 0 Å². The Bertz CT molecular complexity index is 918. The van der Waals surface area contributed by atoms with Crippen molar-refractivity contribution in [1.29, 1.82) is 0 Å². The van der Waals surface area contributed by atoms with Gasteiger partial charge in [-0.3, -0.25) is 5.43 Å². The highest BCUT2D eigenvalue weighted by atomic mass is 35.5. The summed E-state index contributed by atoms with van der Waals surface area (Å²) in [5, 5.41) is 12.9. The molecule has 1 aromatic heterocycles. The van der Waals surface area contributed by atoms with Crippen LogP contribution in [0, 0.1) is 0 Å². The van der Waals surface area contributed by atoms with Gasteiger partial charge in [-0.05, 0) is 25.1 Å². The van der Waals surface area contributed by atoms with Crippen LogP contribution in [0.3, 0.4) is 0 Å². The molecule has 0 spiro atoms. The molecule has 0 atom stereocenters. The van der Waals surface area contributed by atoms with Crippen LogP contribution in [0.4, 0.5) is 5.69 Å². The van der Waals surface area contributed by atoms with Gasteiger partial charge in [0.2, 0.25) is 0 Å². The second-order valence-electron chi connectivity index (χ2n) is 5.23. The minimum Gasteiger partial charge on any atom is -0.486 e. The van der Waals surface area contributed by atoms with E-state index >= 15 is 0 Å². The lowest BCUT2D eigenvalue weighted by Gasteiger charge is -2.18. The maximum absolute atomic E-state index is 11.2. The van der Waals surface area contributed by atoms with Crippen molar-refractivity contribution in [2.45, 2.75) is 6.92 Å². The quantitative estimate of drug-likeness (QED) is 0.437. The largest absolute Gasteiger partial charge is 0.486 e. The van der Waals surface area contributed by atoms with Crippen molar-refractivity contribution in [3.8, 4) is 11.5 Å². The van der Waals surface area contributed by atoms with Gasteiger partial charge in [0.1, 0.15) is 23.3 Å². The number of halogens is 3. The molecule has 0 amide bonds. The van der Waals surface area contributed by atoms with Crippen LogP contribution in [0.15, 0.2) is 23.3 Å². The summed E-state index contributed by atoms with van der Waals surface area (Å²) < 4.78 is 11.0. The fraction of sp³-hybridized carbons (Fsp3) is 0.188. The van der Waals surface area contributed by atoms with Gasteiger partial charge >= 0.3 is 5.97 Å². The molecule has 0 saturated heterocycles. The Morgan fingerprint density at radius 1 is 1.19 bits per heavy atom. The lowest BCUT2D eigenvalue weighted by Crippen LogP contribution is -2.15. The number of carboxylic acids is 1. The van der Waals surface area contributed by atoms with Gasteiger partial charge in [-0.25, -0.2) is 9.78 Å². The number of ether oxygens (including phenoxy) is 2. The van der Waals surface area contributed by atoms with Crippen LogP contribution in [-0.2, 0) is 0 Å². The lowest BCUT2D eigenvalue weighted by molar-refractivity contribution is 0.0691. The Hall–Kier alpha value is -2.22. The summed E-state index contributed by atoms with van der Waals surface area (Å²) in [5.41, 5.74) is 3.65. The maximum atomic E-state index is 11.2. The van der Waals surface area contributed by atoms with Crippen molar-refractivity contribution in [1.82, 2.24) is 4.98 Å². The van der Waals surface area contributed by atoms with Crippen LogP contribution in [0.1, 0.15) is 23.0 Å². The van der Waals surface area contributed by atoms with E-state index in [1.807, 2.05) is 6.07 Å². The first kappa shape index (κ1) is 18.6. The van der Waals surface area contributed by atoms with Gasteiger partial charge in [0.05, 0.1) is 11.4 Å². The summed E-state index contributed by atoms with van der Waals surface area (Å²) in [6.45, 7) is 2.73. The van der Waals surface area contributed by atoms with Gasteiger partial charge in [0.25, 0.3) is 0 Å². The third kappa shape index (κ3) is 3.65. The molecule has 0 aliphatic carbocycles. The molecule has 1 aromatic carbocycles. The minimum absolute atomic E-state index is 0.0274. The molecule has 2 N–H and O–H groups in total. The molecule has 0 fully saturated rings. The Morgan fingerprint density at radius 2 is 1.88 bits per heavy atom.